The summed E-state index contributed by atoms with van der Waals surface area (Å²) in [6, 6.07) is 5.42. The summed E-state index contributed by atoms with van der Waals surface area (Å²) in [6.45, 7) is 10.1. The van der Waals surface area contributed by atoms with Gasteiger partial charge in [-0.1, -0.05) is 12.1 Å². The number of amides is 1. The van der Waals surface area contributed by atoms with Gasteiger partial charge in [-0.2, -0.15) is 6.92 Å². The minimum Gasteiger partial charge on any atom is -0.527 e. The molecule has 0 aliphatic heterocycles. The Morgan fingerprint density at radius 2 is 1.89 bits per heavy atom. The number of carboxylic acids is 1. The molecule has 1 heterocycles. The maximum absolute atomic E-state index is 14.2. The molecule has 1 aromatic carbocycles. The van der Waals surface area contributed by atoms with Gasteiger partial charge in [0, 0.05) is 12.6 Å². The smallest absolute Gasteiger partial charge is 0.384 e. The monoisotopic (exact) mass is 751 g/mol. The molecular formula is C25H29F2LrN3O5-2. The topological polar surface area (TPSA) is 92.2 Å². The second-order valence-corrected chi connectivity index (χ2v) is 8.64. The number of aryl methyl sites for hydroxylation is 1. The summed E-state index contributed by atoms with van der Waals surface area (Å²) >= 11 is 0. The Hall–Kier alpha value is -4.69. The van der Waals surface area contributed by atoms with E-state index in [1.54, 1.807) is 46.8 Å². The van der Waals surface area contributed by atoms with E-state index < -0.39 is 41.1 Å². The molecule has 0 aliphatic carbocycles. The van der Waals surface area contributed by atoms with Crippen molar-refractivity contribution in [2.24, 2.45) is 0 Å². The fraction of sp³-hybridized carbons (Fsp3) is 0.320. The Morgan fingerprint density at radius 3 is 2.42 bits per heavy atom. The molecule has 1 N–H and O–H groups in total. The predicted molar refractivity (Wildman–Crippen MR) is 125 cm³/mol. The zero-order chi connectivity index (χ0) is 26.3. The number of hydrogen-bond acceptors (Lipinski definition) is 6. The minimum atomic E-state index is -1.51. The fourth-order valence-electron chi connectivity index (χ4n) is 2.83. The van der Waals surface area contributed by atoms with Gasteiger partial charge >= 0.3 is 12.1 Å². The van der Waals surface area contributed by atoms with Crippen molar-refractivity contribution in [3.8, 4) is 5.75 Å². The van der Waals surface area contributed by atoms with E-state index in [0.29, 0.717) is 11.1 Å². The minimum absolute atomic E-state index is 0. The van der Waals surface area contributed by atoms with Crippen LogP contribution in [0.15, 0.2) is 42.9 Å². The molecule has 2 rings (SSSR count). The number of pyridine rings is 1. The van der Waals surface area contributed by atoms with E-state index in [1.165, 1.54) is 34.8 Å². The standard InChI is InChI=1S/C25H29F2N3O5.Lr/c1-7-30(24(33)35-25(3,4)5)11-10-29(6)15-21(17-9-8-16(2)19(26)12-17)34-18-13-20(27)22(23(31)32)28-14-18;/h7-14,21H,6,15H2,1-5H3,(H,31,32);/q-2;/b11-10-;/t21-;/m1./s1. The van der Waals surface area contributed by atoms with Crippen LogP contribution in [0.3, 0.4) is 0 Å². The molecule has 1 amide bonds. The van der Waals surface area contributed by atoms with Gasteiger partial charge in [0.25, 0.3) is 0 Å². The maximum Gasteiger partial charge on any atom is 0.384 e. The molecule has 0 aliphatic rings. The Balaban J connectivity index is 0.00000648. The van der Waals surface area contributed by atoms with E-state index in [0.717, 1.165) is 12.3 Å². The first-order valence-electron chi connectivity index (χ1n) is 10.7. The summed E-state index contributed by atoms with van der Waals surface area (Å²) in [7, 11) is 3.89. The van der Waals surface area contributed by atoms with E-state index in [9.17, 15) is 18.4 Å². The molecule has 0 spiro atoms. The normalized spacial score (nSPS) is 12.0. The molecule has 0 saturated carbocycles. The molecule has 205 valence electrons. The number of ether oxygens (including phenoxy) is 2. The van der Waals surface area contributed by atoms with Crippen LogP contribution < -0.4 is 4.74 Å². The average molecular weight is 752 g/mol. The number of carboxylic acid groups (broad SMARTS) is 1. The van der Waals surface area contributed by atoms with E-state index in [-0.39, 0.29) is 12.3 Å². The zero-order valence-electron chi connectivity index (χ0n) is 20.5. The van der Waals surface area contributed by atoms with Gasteiger partial charge in [-0.25, -0.2) is 29.9 Å². The Morgan fingerprint density at radius 1 is 1.22 bits per heavy atom. The molecular weight excluding hydrogens is 722 g/mol. The molecule has 8 nitrogen and oxygen atoms in total. The van der Waals surface area contributed by atoms with Gasteiger partial charge in [-0.05, 0) is 57.3 Å². The van der Waals surface area contributed by atoms with Crippen molar-refractivity contribution >= 4 is 12.1 Å². The number of benzene rings is 1. The third kappa shape index (κ3) is 8.27. The number of nitrogens with zero attached hydrogens (tertiary/aromatic N) is 3. The van der Waals surface area contributed by atoms with E-state index in [2.05, 4.69) is 12.0 Å². The number of hydrogen-bond donors (Lipinski definition) is 1. The van der Waals surface area contributed by atoms with Gasteiger partial charge in [0.15, 0.2) is 11.5 Å². The van der Waals surface area contributed by atoms with E-state index in [1.807, 2.05) is 0 Å². The quantitative estimate of drug-likeness (QED) is 0.340. The molecule has 1 radical (unpaired) electrons. The fourth-order valence-corrected chi connectivity index (χ4v) is 2.83. The van der Waals surface area contributed by atoms with Crippen molar-refractivity contribution in [1.82, 2.24) is 14.8 Å². The first-order valence-corrected chi connectivity index (χ1v) is 10.7. The number of carbonyl (C=O) groups excluding carboxylic acids is 1. The first-order chi connectivity index (χ1) is 16.3. The molecule has 1 aromatic heterocycles. The number of rotatable bonds is 9. The SMILES string of the molecule is [CH2-]N(/C=C\N([CH-]C)C(=O)OC(C)(C)C)C[C@@H](Oc1cnc(C(=O)O)c(F)c1)c1ccc(C)c(F)c1.[Lr]. The predicted octanol–water partition coefficient (Wildman–Crippen LogP) is 5.47. The molecule has 11 heteroatoms. The van der Waals surface area contributed by atoms with Crippen molar-refractivity contribution < 1.29 is 33.0 Å². The summed E-state index contributed by atoms with van der Waals surface area (Å²) in [5.41, 5.74) is -0.549. The van der Waals surface area contributed by atoms with Crippen LogP contribution in [0.1, 0.15) is 55.4 Å². The van der Waals surface area contributed by atoms with Crippen LogP contribution in [-0.2, 0) is 4.74 Å². The Labute approximate surface area is 203 Å². The van der Waals surface area contributed by atoms with Crippen molar-refractivity contribution in [3.63, 3.8) is 0 Å². The van der Waals surface area contributed by atoms with Gasteiger partial charge in [0.2, 0.25) is 0 Å². The van der Waals surface area contributed by atoms with Gasteiger partial charge in [0.05, 0.1) is 6.20 Å². The van der Waals surface area contributed by atoms with Gasteiger partial charge in [0.1, 0.15) is 23.3 Å². The molecule has 36 heavy (non-hydrogen) atoms. The summed E-state index contributed by atoms with van der Waals surface area (Å²) in [5, 5.41) is 8.97. The second-order valence-electron chi connectivity index (χ2n) is 8.64. The summed E-state index contributed by atoms with van der Waals surface area (Å²) in [4.78, 5) is 29.6. The number of carbonyl (C=O) groups is 2. The van der Waals surface area contributed by atoms with Gasteiger partial charge in [-0.3, -0.25) is 7.05 Å². The number of aromatic nitrogens is 1. The summed E-state index contributed by atoms with van der Waals surface area (Å²) in [6.07, 6.45) is 2.58. The van der Waals surface area contributed by atoms with Crippen LogP contribution in [-0.4, -0.2) is 44.1 Å². The zero-order valence-corrected chi connectivity index (χ0v) is 22.7. The molecule has 2 aromatic rings. The molecule has 0 unspecified atom stereocenters. The van der Waals surface area contributed by atoms with Crippen molar-refractivity contribution in [2.75, 3.05) is 6.54 Å². The average Bonchev–Trinajstić information content (AvgIpc) is 2.74. The summed E-state index contributed by atoms with van der Waals surface area (Å²) in [5.74, 6) is -3.08. The molecule has 0 fully saturated rings. The Bertz CT molecular complexity index is 1090. The third-order valence-corrected chi connectivity index (χ3v) is 4.59. The van der Waals surface area contributed by atoms with E-state index in [4.69, 9.17) is 14.6 Å². The first kappa shape index (κ1) is 29.3. The third-order valence-electron chi connectivity index (χ3n) is 4.59. The van der Waals surface area contributed by atoms with Crippen LogP contribution in [0.5, 0.6) is 5.75 Å². The van der Waals surface area contributed by atoms with Crippen LogP contribution in [0, 0.1) is 32.2 Å². The number of aromatic carboxylic acids is 1. The summed E-state index contributed by atoms with van der Waals surface area (Å²) < 4.78 is 39.5. The second kappa shape index (κ2) is 12.1. The van der Waals surface area contributed by atoms with Crippen molar-refractivity contribution in [1.29, 1.82) is 0 Å². The van der Waals surface area contributed by atoms with Gasteiger partial charge < -0.3 is 24.4 Å². The maximum atomic E-state index is 14.2. The van der Waals surface area contributed by atoms with E-state index >= 15 is 0 Å². The Kier molecular flexibility index (Phi) is 9.90. The van der Waals surface area contributed by atoms with Crippen molar-refractivity contribution in [3.05, 3.63) is 84.9 Å². The molecule has 0 saturated heterocycles. The van der Waals surface area contributed by atoms with Crippen LogP contribution >= 0.6 is 0 Å². The van der Waals surface area contributed by atoms with Crippen LogP contribution in [0.2, 0.25) is 0 Å². The molecule has 0 bridgehead atoms. The van der Waals surface area contributed by atoms with Crippen LogP contribution in [0.4, 0.5) is 13.6 Å². The largest absolute Gasteiger partial charge is 0.527 e. The number of halogens is 2. The van der Waals surface area contributed by atoms with Gasteiger partial charge in [-0.15, -0.1) is 0 Å². The molecule has 1 atom stereocenters. The van der Waals surface area contributed by atoms with Crippen LogP contribution in [0.25, 0.3) is 0 Å². The van der Waals surface area contributed by atoms with Crippen molar-refractivity contribution in [2.45, 2.75) is 46.3 Å².